The van der Waals surface area contributed by atoms with Gasteiger partial charge in [0.05, 0.1) is 60.9 Å². The number of halogens is 11. The molecular weight excluding hydrogens is 1780 g/mol. The molecule has 0 aliphatic rings. The molecule has 33 heteroatoms. The zero-order chi connectivity index (χ0) is 92.9. The summed E-state index contributed by atoms with van der Waals surface area (Å²) in [4.78, 5) is 122. The van der Waals surface area contributed by atoms with Crippen LogP contribution in [0.25, 0.3) is 89.2 Å². The highest BCUT2D eigenvalue weighted by molar-refractivity contribution is 6.67. The average molecular weight is 1850 g/mol. The molecule has 18 rings (SSSR count). The van der Waals surface area contributed by atoms with Gasteiger partial charge in [0.25, 0.3) is 45.9 Å². The van der Waals surface area contributed by atoms with Crippen molar-refractivity contribution in [3.8, 4) is 45.6 Å². The third-order valence-corrected chi connectivity index (χ3v) is 19.0. The molecule has 0 saturated heterocycles. The van der Waals surface area contributed by atoms with Crippen molar-refractivity contribution in [2.45, 2.75) is 0 Å². The summed E-state index contributed by atoms with van der Waals surface area (Å²) in [6.45, 7) is 0. The number of hydrogen-bond donors (Lipinski definition) is 8. The molecule has 0 atom stereocenters. The van der Waals surface area contributed by atoms with E-state index in [0.29, 0.717) is 106 Å². The van der Waals surface area contributed by atoms with E-state index in [-0.39, 0.29) is 63.7 Å². The van der Waals surface area contributed by atoms with Crippen molar-refractivity contribution in [2.24, 2.45) is 17.2 Å². The van der Waals surface area contributed by atoms with Gasteiger partial charge >= 0.3 is 0 Å². The Labute approximate surface area is 761 Å². The lowest BCUT2D eigenvalue weighted by Gasteiger charge is -2.08. The molecule has 5 amide bonds. The lowest BCUT2D eigenvalue weighted by atomic mass is 10.1. The third-order valence-electron chi connectivity index (χ3n) is 18.2. The van der Waals surface area contributed by atoms with E-state index >= 15 is 0 Å². The minimum Gasteiger partial charge on any atom is -0.398 e. The number of amides is 5. The molecule has 18 aromatic rings. The zero-order valence-corrected chi connectivity index (χ0v) is 70.9. The smallest absolute Gasteiger partial charge is 0.259 e. The number of nitrogens with two attached hydrogens (primary N) is 4. The monoisotopic (exact) mass is 1840 g/mol. The van der Waals surface area contributed by atoms with Gasteiger partial charge in [-0.2, -0.15) is 0 Å². The van der Waals surface area contributed by atoms with Crippen LogP contribution >= 0.6 is 47.2 Å². The second-order valence-corrected chi connectivity index (χ2v) is 28.1. The summed E-state index contributed by atoms with van der Waals surface area (Å²) in [5.74, 6) is -3.16. The predicted octanol–water partition coefficient (Wildman–Crippen LogP) is 21.0. The molecule has 0 radical (unpaired) electrons. The SMILES string of the molecule is Cl.Fc1ccc(-c2nc(Cl)c3ccccc3n2)cc1.Fc1ccc(-c2nc(Cl)c3ccccc3n2)cc1.NC(=O)c1ccccc1N.NC(=O)c1ccccc1NC(=O)c1ccc(F)cc1.NC(=O)c1ccccc1NC(=O)c1ccc(F)cc1.O=C(Cl)c1ccc(F)cc1.O=c1[nH]c(-c2ccc(F)cc2)nc2ccccc12.O=c1[nH]c(-c2ccc(F)cc2)nc2ccccc12. The Morgan fingerprint density at radius 3 is 0.840 bits per heavy atom. The molecule has 4 heterocycles. The van der Waals surface area contributed by atoms with Crippen molar-refractivity contribution in [3.63, 3.8) is 0 Å². The number of anilines is 3. The number of primary amides is 3. The Balaban J connectivity index is 0.000000157. The van der Waals surface area contributed by atoms with Gasteiger partial charge in [-0.05, 0) is 266 Å². The first kappa shape index (κ1) is 96.7. The highest BCUT2D eigenvalue weighted by atomic mass is 35.5. The summed E-state index contributed by atoms with van der Waals surface area (Å²) >= 11 is 17.3. The molecule has 4 aromatic heterocycles. The standard InChI is InChI=1S/2C14H8ClFN2.2C14H11FN2O2.2C14H9FN2O.C7H4ClFO.C7H8N2O.ClH/c2*15-13-11-3-1-2-4-12(11)17-14(18-13)9-5-7-10(16)8-6-9;2*15-10-7-5-9(6-8-10)14(19)17-12-4-2-1-3-11(12)13(16)18;2*15-10-7-5-9(6-8-10)13-16-12-4-2-1-3-11(12)14(18)17-13;8-7(10)5-1-3-6(9)4-2-5;8-6-4-2-1-3-5(6)7(9)10;/h2*1-8H;2*1-8H,(H2,16,18)(H,17,19);2*1-8H,(H,16,17,18);1-4H;1-4H,8H2,(H2,9,10);1H. The van der Waals surface area contributed by atoms with Gasteiger partial charge in [0.1, 0.15) is 62.7 Å². The fourth-order valence-electron chi connectivity index (χ4n) is 11.7. The van der Waals surface area contributed by atoms with Crippen LogP contribution < -0.4 is 44.7 Å². The van der Waals surface area contributed by atoms with Crippen molar-refractivity contribution in [3.05, 3.63) is 445 Å². The molecular formula is C98H69Cl4F7N14O8. The second-order valence-electron chi connectivity index (χ2n) is 27.1. The molecule has 0 aliphatic carbocycles. The number of fused-ring (bicyclic) bond motifs is 4. The lowest BCUT2D eigenvalue weighted by Crippen LogP contribution is -2.18. The number of hydrogen-bond acceptors (Lipinski definition) is 15. The molecule has 656 valence electrons. The van der Waals surface area contributed by atoms with E-state index in [1.54, 1.807) is 146 Å². The van der Waals surface area contributed by atoms with E-state index in [4.69, 9.17) is 57.7 Å². The van der Waals surface area contributed by atoms with Crippen molar-refractivity contribution < 1.29 is 59.5 Å². The van der Waals surface area contributed by atoms with Gasteiger partial charge in [0.2, 0.25) is 0 Å². The first-order valence-corrected chi connectivity index (χ1v) is 39.5. The molecule has 0 aliphatic heterocycles. The molecule has 0 spiro atoms. The largest absolute Gasteiger partial charge is 0.398 e. The van der Waals surface area contributed by atoms with Crippen molar-refractivity contribution >= 4 is 143 Å². The number of nitrogens with one attached hydrogen (secondary N) is 4. The van der Waals surface area contributed by atoms with Crippen LogP contribution in [0.4, 0.5) is 47.8 Å². The third kappa shape index (κ3) is 27.5. The molecule has 14 aromatic carbocycles. The summed E-state index contributed by atoms with van der Waals surface area (Å²) < 4.78 is 89.1. The highest BCUT2D eigenvalue weighted by Crippen LogP contribution is 2.28. The quantitative estimate of drug-likeness (QED) is 0.0244. The molecule has 0 bridgehead atoms. The Kier molecular flexibility index (Phi) is 34.5. The number of para-hydroxylation sites is 7. The van der Waals surface area contributed by atoms with E-state index in [1.165, 1.54) is 133 Å². The molecule has 22 nitrogen and oxygen atoms in total. The van der Waals surface area contributed by atoms with Crippen LogP contribution in [-0.4, -0.2) is 74.7 Å². The first-order valence-electron chi connectivity index (χ1n) is 38.4. The molecule has 131 heavy (non-hydrogen) atoms. The summed E-state index contributed by atoms with van der Waals surface area (Å²) in [5.41, 5.74) is 28.9. The van der Waals surface area contributed by atoms with Crippen molar-refractivity contribution in [1.29, 1.82) is 0 Å². The van der Waals surface area contributed by atoms with Crippen molar-refractivity contribution in [1.82, 2.24) is 39.9 Å². The molecule has 0 fully saturated rings. The number of benzene rings is 14. The highest BCUT2D eigenvalue weighted by Gasteiger charge is 2.17. The van der Waals surface area contributed by atoms with Crippen LogP contribution in [0.2, 0.25) is 10.3 Å². The van der Waals surface area contributed by atoms with E-state index in [0.717, 1.165) is 32.9 Å². The van der Waals surface area contributed by atoms with Gasteiger partial charge in [0, 0.05) is 55.4 Å². The average Bonchev–Trinajstić information content (AvgIpc) is 0.813. The number of aromatic amines is 2. The number of H-pyrrole nitrogens is 2. The van der Waals surface area contributed by atoms with Gasteiger partial charge in [-0.15, -0.1) is 12.4 Å². The number of nitrogen functional groups attached to an aromatic ring is 1. The Morgan fingerprint density at radius 1 is 0.290 bits per heavy atom. The number of nitrogens with zero attached hydrogens (tertiary/aromatic N) is 6. The maximum Gasteiger partial charge on any atom is 0.259 e. The van der Waals surface area contributed by atoms with E-state index in [1.807, 2.05) is 60.7 Å². The first-order chi connectivity index (χ1) is 62.5. The Bertz CT molecular complexity index is 6860. The van der Waals surface area contributed by atoms with Gasteiger partial charge in [-0.25, -0.2) is 60.6 Å². The molecule has 0 saturated carbocycles. The van der Waals surface area contributed by atoms with Crippen LogP contribution in [0.3, 0.4) is 0 Å². The molecule has 0 unspecified atom stereocenters. The van der Waals surface area contributed by atoms with E-state index in [9.17, 15) is 69.1 Å². The van der Waals surface area contributed by atoms with Crippen LogP contribution in [0, 0.1) is 40.7 Å². The minimum atomic E-state index is -0.630. The van der Waals surface area contributed by atoms with Gasteiger partial charge in [-0.3, -0.25) is 38.4 Å². The molecule has 12 N–H and O–H groups in total. The summed E-state index contributed by atoms with van der Waals surface area (Å²) in [7, 11) is 0. The Hall–Kier alpha value is -16.5. The van der Waals surface area contributed by atoms with E-state index in [2.05, 4.69) is 50.5 Å². The minimum absolute atomic E-state index is 0. The number of carbonyl (C=O) groups excluding carboxylic acids is 6. The fourth-order valence-corrected chi connectivity index (χ4v) is 12.3. The van der Waals surface area contributed by atoms with Gasteiger partial charge in [0.15, 0.2) is 11.6 Å². The van der Waals surface area contributed by atoms with Gasteiger partial charge < -0.3 is 43.5 Å². The van der Waals surface area contributed by atoms with Crippen molar-refractivity contribution in [2.75, 3.05) is 16.4 Å². The van der Waals surface area contributed by atoms with Crippen LogP contribution in [0.15, 0.2) is 349 Å². The summed E-state index contributed by atoms with van der Waals surface area (Å²) in [5, 5.41) is 8.08. The topological polar surface area (TPSA) is 374 Å². The zero-order valence-electron chi connectivity index (χ0n) is 67.8. The fraction of sp³-hybridized carbons (Fsp3) is 0. The maximum atomic E-state index is 12.9. The summed E-state index contributed by atoms with van der Waals surface area (Å²) in [6, 6.07) is 87.7. The van der Waals surface area contributed by atoms with E-state index < -0.39 is 46.4 Å². The van der Waals surface area contributed by atoms with Gasteiger partial charge in [-0.1, -0.05) is 108 Å². The Morgan fingerprint density at radius 2 is 0.542 bits per heavy atom. The number of aromatic nitrogens is 8. The normalized spacial score (nSPS) is 10.2. The maximum absolute atomic E-state index is 12.9. The van der Waals surface area contributed by atoms with Crippen LogP contribution in [-0.2, 0) is 0 Å². The number of carbonyl (C=O) groups is 6. The van der Waals surface area contributed by atoms with Crippen LogP contribution in [0.1, 0.15) is 62.1 Å². The predicted molar refractivity (Wildman–Crippen MR) is 497 cm³/mol. The second kappa shape index (κ2) is 46.7. The summed E-state index contributed by atoms with van der Waals surface area (Å²) in [6.07, 6.45) is 0. The lowest BCUT2D eigenvalue weighted by molar-refractivity contribution is 0.0990. The van der Waals surface area contributed by atoms with Crippen LogP contribution in [0.5, 0.6) is 0 Å². The number of rotatable bonds is 12.